The number of sulfonamides is 1. The average Bonchev–Trinajstić information content (AvgIpc) is 2.73. The molecule has 27 heavy (non-hydrogen) atoms. The highest BCUT2D eigenvalue weighted by atomic mass is 32.2. The number of nitrogens with one attached hydrogen (secondary N) is 1. The Morgan fingerprint density at radius 3 is 2.59 bits per heavy atom. The summed E-state index contributed by atoms with van der Waals surface area (Å²) >= 11 is 0. The number of para-hydroxylation sites is 1. The molecular formula is C19H21N3O4S. The fourth-order valence-corrected chi connectivity index (χ4v) is 5.00. The maximum Gasteiger partial charge on any atom is 0.247 e. The van der Waals surface area contributed by atoms with Crippen molar-refractivity contribution in [1.82, 2.24) is 9.62 Å². The van der Waals surface area contributed by atoms with Crippen LogP contribution in [-0.4, -0.2) is 46.6 Å². The van der Waals surface area contributed by atoms with Crippen LogP contribution >= 0.6 is 0 Å². The van der Waals surface area contributed by atoms with E-state index in [1.807, 2.05) is 30.3 Å². The molecule has 1 heterocycles. The minimum atomic E-state index is -3.85. The van der Waals surface area contributed by atoms with Gasteiger partial charge < -0.3 is 14.8 Å². The second kappa shape index (κ2) is 7.96. The van der Waals surface area contributed by atoms with E-state index in [4.69, 9.17) is 14.7 Å². The molecule has 1 unspecified atom stereocenters. The Morgan fingerprint density at radius 1 is 1.15 bits per heavy atom. The predicted octanol–water partition coefficient (Wildman–Crippen LogP) is 1.91. The van der Waals surface area contributed by atoms with Crippen LogP contribution in [0.2, 0.25) is 0 Å². The Labute approximate surface area is 159 Å². The third kappa shape index (κ3) is 3.62. The van der Waals surface area contributed by atoms with Gasteiger partial charge in [0.25, 0.3) is 0 Å². The van der Waals surface area contributed by atoms with Gasteiger partial charge in [0.05, 0.1) is 31.9 Å². The Hall–Kier alpha value is -2.60. The molecule has 0 radical (unpaired) electrons. The number of nitriles is 1. The third-order valence-corrected chi connectivity index (χ3v) is 6.52. The quantitative estimate of drug-likeness (QED) is 0.843. The number of benzene rings is 2. The first-order valence-electron chi connectivity index (χ1n) is 8.46. The van der Waals surface area contributed by atoms with Gasteiger partial charge in [0.15, 0.2) is 0 Å². The van der Waals surface area contributed by atoms with E-state index in [9.17, 15) is 8.42 Å². The number of hydrogen-bond donors (Lipinski definition) is 1. The smallest absolute Gasteiger partial charge is 0.247 e. The molecule has 1 aliphatic heterocycles. The number of methoxy groups -OCH3 is 2. The molecule has 0 bridgehead atoms. The SMILES string of the molecule is COc1ccccc1C1CNCCN1S(=O)(=O)c1ccc(C#N)cc1OC. The summed E-state index contributed by atoms with van der Waals surface area (Å²) in [5.74, 6) is 0.796. The highest BCUT2D eigenvalue weighted by Crippen LogP contribution is 2.36. The second-order valence-electron chi connectivity index (χ2n) is 6.06. The number of piperazine rings is 1. The molecule has 2 aromatic carbocycles. The van der Waals surface area contributed by atoms with E-state index < -0.39 is 16.1 Å². The summed E-state index contributed by atoms with van der Waals surface area (Å²) in [6, 6.07) is 13.3. The van der Waals surface area contributed by atoms with Crippen molar-refractivity contribution in [1.29, 1.82) is 5.26 Å². The fourth-order valence-electron chi connectivity index (χ4n) is 3.26. The summed E-state index contributed by atoms with van der Waals surface area (Å²) in [6.07, 6.45) is 0. The highest BCUT2D eigenvalue weighted by Gasteiger charge is 2.37. The van der Waals surface area contributed by atoms with Gasteiger partial charge in [0, 0.05) is 25.2 Å². The van der Waals surface area contributed by atoms with E-state index >= 15 is 0 Å². The summed E-state index contributed by atoms with van der Waals surface area (Å²) in [7, 11) is -0.888. The normalized spacial score (nSPS) is 17.9. The van der Waals surface area contributed by atoms with Crippen LogP contribution in [-0.2, 0) is 10.0 Å². The zero-order valence-electron chi connectivity index (χ0n) is 15.2. The molecule has 8 heteroatoms. The van der Waals surface area contributed by atoms with Crippen LogP contribution in [0.3, 0.4) is 0 Å². The Balaban J connectivity index is 2.08. The summed E-state index contributed by atoms with van der Waals surface area (Å²) in [5, 5.41) is 12.3. The zero-order valence-corrected chi connectivity index (χ0v) is 16.0. The summed E-state index contributed by atoms with van der Waals surface area (Å²) in [6.45, 7) is 1.33. The first kappa shape index (κ1) is 19.2. The lowest BCUT2D eigenvalue weighted by atomic mass is 10.0. The number of hydrogen-bond acceptors (Lipinski definition) is 6. The van der Waals surface area contributed by atoms with Gasteiger partial charge in [-0.05, 0) is 24.3 Å². The fraction of sp³-hybridized carbons (Fsp3) is 0.316. The van der Waals surface area contributed by atoms with Crippen LogP contribution in [0.15, 0.2) is 47.4 Å². The molecule has 142 valence electrons. The number of rotatable bonds is 5. The van der Waals surface area contributed by atoms with Gasteiger partial charge in [0.2, 0.25) is 10.0 Å². The second-order valence-corrected chi connectivity index (χ2v) is 7.91. The molecule has 0 amide bonds. The molecule has 1 fully saturated rings. The molecule has 1 aliphatic rings. The van der Waals surface area contributed by atoms with Crippen LogP contribution in [0.5, 0.6) is 11.5 Å². The van der Waals surface area contributed by atoms with Gasteiger partial charge in [0.1, 0.15) is 16.4 Å². The van der Waals surface area contributed by atoms with Gasteiger partial charge in [-0.2, -0.15) is 9.57 Å². The van der Waals surface area contributed by atoms with Crippen LogP contribution in [0.1, 0.15) is 17.2 Å². The number of nitrogens with zero attached hydrogens (tertiary/aromatic N) is 2. The molecule has 0 saturated carbocycles. The summed E-state index contributed by atoms with van der Waals surface area (Å²) in [4.78, 5) is 0.0470. The van der Waals surface area contributed by atoms with Crippen molar-refractivity contribution in [3.63, 3.8) is 0 Å². The van der Waals surface area contributed by atoms with Crippen LogP contribution in [0, 0.1) is 11.3 Å². The van der Waals surface area contributed by atoms with Crippen molar-refractivity contribution in [3.05, 3.63) is 53.6 Å². The molecule has 1 atom stereocenters. The van der Waals surface area contributed by atoms with Gasteiger partial charge in [-0.15, -0.1) is 0 Å². The maximum absolute atomic E-state index is 13.4. The molecule has 3 rings (SSSR count). The molecule has 0 aliphatic carbocycles. The molecule has 1 N–H and O–H groups in total. The Bertz CT molecular complexity index is 969. The third-order valence-electron chi connectivity index (χ3n) is 4.57. The number of ether oxygens (including phenoxy) is 2. The topological polar surface area (TPSA) is 91.7 Å². The average molecular weight is 387 g/mol. The van der Waals surface area contributed by atoms with Crippen LogP contribution in [0.25, 0.3) is 0 Å². The maximum atomic E-state index is 13.4. The Morgan fingerprint density at radius 2 is 1.89 bits per heavy atom. The largest absolute Gasteiger partial charge is 0.496 e. The lowest BCUT2D eigenvalue weighted by Crippen LogP contribution is -2.48. The molecule has 1 saturated heterocycles. The zero-order chi connectivity index (χ0) is 19.4. The van der Waals surface area contributed by atoms with Gasteiger partial charge in [-0.25, -0.2) is 8.42 Å². The molecule has 7 nitrogen and oxygen atoms in total. The van der Waals surface area contributed by atoms with Crippen molar-refractivity contribution < 1.29 is 17.9 Å². The van der Waals surface area contributed by atoms with E-state index in [0.717, 1.165) is 5.56 Å². The van der Waals surface area contributed by atoms with E-state index in [1.54, 1.807) is 7.11 Å². The lowest BCUT2D eigenvalue weighted by molar-refractivity contribution is 0.263. The summed E-state index contributed by atoms with van der Waals surface area (Å²) in [5.41, 5.74) is 1.13. The van der Waals surface area contributed by atoms with Gasteiger partial charge in [-0.1, -0.05) is 18.2 Å². The minimum absolute atomic E-state index is 0.0470. The molecule has 0 spiro atoms. The predicted molar refractivity (Wildman–Crippen MR) is 100 cm³/mol. The Kier molecular flexibility index (Phi) is 5.65. The van der Waals surface area contributed by atoms with Crippen molar-refractivity contribution in [2.45, 2.75) is 10.9 Å². The highest BCUT2D eigenvalue weighted by molar-refractivity contribution is 7.89. The van der Waals surface area contributed by atoms with E-state index in [-0.39, 0.29) is 10.6 Å². The molecule has 2 aromatic rings. The molecular weight excluding hydrogens is 366 g/mol. The standard InChI is InChI=1S/C19H21N3O4S/c1-25-17-6-4-3-5-15(17)16-13-21-9-10-22(16)27(23,24)19-8-7-14(12-20)11-18(19)26-2/h3-8,11,16,21H,9-10,13H2,1-2H3. The van der Waals surface area contributed by atoms with E-state index in [1.165, 1.54) is 29.6 Å². The van der Waals surface area contributed by atoms with Crippen LogP contribution < -0.4 is 14.8 Å². The van der Waals surface area contributed by atoms with Crippen molar-refractivity contribution in [3.8, 4) is 17.6 Å². The first-order chi connectivity index (χ1) is 13.0. The molecule has 0 aromatic heterocycles. The first-order valence-corrected chi connectivity index (χ1v) is 9.90. The monoisotopic (exact) mass is 387 g/mol. The van der Waals surface area contributed by atoms with E-state index in [0.29, 0.717) is 30.9 Å². The van der Waals surface area contributed by atoms with Gasteiger partial charge >= 0.3 is 0 Å². The summed E-state index contributed by atoms with van der Waals surface area (Å²) < 4.78 is 39.0. The van der Waals surface area contributed by atoms with E-state index in [2.05, 4.69) is 5.32 Å². The van der Waals surface area contributed by atoms with Crippen LogP contribution in [0.4, 0.5) is 0 Å². The van der Waals surface area contributed by atoms with Crippen molar-refractivity contribution >= 4 is 10.0 Å². The minimum Gasteiger partial charge on any atom is -0.496 e. The van der Waals surface area contributed by atoms with Crippen molar-refractivity contribution in [2.75, 3.05) is 33.9 Å². The lowest BCUT2D eigenvalue weighted by Gasteiger charge is -2.36. The van der Waals surface area contributed by atoms with Crippen molar-refractivity contribution in [2.24, 2.45) is 0 Å². The van der Waals surface area contributed by atoms with Gasteiger partial charge in [-0.3, -0.25) is 0 Å².